The number of benzene rings is 1. The summed E-state index contributed by atoms with van der Waals surface area (Å²) in [6, 6.07) is 8.15. The second kappa shape index (κ2) is 4.72. The van der Waals surface area contributed by atoms with Crippen LogP contribution in [0.25, 0.3) is 0 Å². The van der Waals surface area contributed by atoms with Crippen molar-refractivity contribution in [1.29, 1.82) is 0 Å². The number of hydrogen-bond donors (Lipinski definition) is 2. The monoisotopic (exact) mass is 258 g/mol. The number of fused-ring (bicyclic) bond motifs is 1. The fraction of sp³-hybridized carbons (Fsp3) is 0.308. The van der Waals surface area contributed by atoms with Gasteiger partial charge in [-0.05, 0) is 18.1 Å². The first-order valence-corrected chi connectivity index (χ1v) is 6.15. The molecule has 6 nitrogen and oxygen atoms in total. The Morgan fingerprint density at radius 3 is 3.05 bits per heavy atom. The zero-order chi connectivity index (χ0) is 13.2. The SMILES string of the molecule is Cc1nnc(NC(=O)C2CNc3ccccc3C2)o1. The second-order valence-electron chi connectivity index (χ2n) is 4.55. The van der Waals surface area contributed by atoms with Crippen molar-refractivity contribution in [2.45, 2.75) is 13.3 Å². The minimum atomic E-state index is -0.137. The predicted molar refractivity (Wildman–Crippen MR) is 69.8 cm³/mol. The lowest BCUT2D eigenvalue weighted by Gasteiger charge is -2.24. The molecule has 19 heavy (non-hydrogen) atoms. The Kier molecular flexibility index (Phi) is 2.91. The Morgan fingerprint density at radius 2 is 2.26 bits per heavy atom. The molecule has 6 heteroatoms. The van der Waals surface area contributed by atoms with Gasteiger partial charge in [0.15, 0.2) is 0 Å². The third-order valence-electron chi connectivity index (χ3n) is 3.15. The van der Waals surface area contributed by atoms with Gasteiger partial charge >= 0.3 is 6.01 Å². The predicted octanol–water partition coefficient (Wildman–Crippen LogP) is 1.60. The molecule has 0 aliphatic carbocycles. The quantitative estimate of drug-likeness (QED) is 0.855. The first-order chi connectivity index (χ1) is 9.22. The normalized spacial score (nSPS) is 17.4. The Labute approximate surface area is 110 Å². The number of carbonyl (C=O) groups is 1. The van der Waals surface area contributed by atoms with Crippen molar-refractivity contribution in [2.75, 3.05) is 17.2 Å². The van der Waals surface area contributed by atoms with E-state index >= 15 is 0 Å². The first kappa shape index (κ1) is 11.7. The third kappa shape index (κ3) is 2.42. The van der Waals surface area contributed by atoms with E-state index in [1.165, 1.54) is 0 Å². The molecule has 1 aromatic carbocycles. The van der Waals surface area contributed by atoms with Gasteiger partial charge in [0.1, 0.15) is 0 Å². The Hall–Kier alpha value is -2.37. The Balaban J connectivity index is 1.69. The maximum absolute atomic E-state index is 12.1. The van der Waals surface area contributed by atoms with E-state index in [0.29, 0.717) is 18.9 Å². The van der Waals surface area contributed by atoms with Gasteiger partial charge in [0, 0.05) is 19.2 Å². The van der Waals surface area contributed by atoms with Crippen LogP contribution in [0.2, 0.25) is 0 Å². The number of hydrogen-bond acceptors (Lipinski definition) is 5. The third-order valence-corrected chi connectivity index (χ3v) is 3.15. The van der Waals surface area contributed by atoms with Gasteiger partial charge in [-0.3, -0.25) is 10.1 Å². The maximum atomic E-state index is 12.1. The maximum Gasteiger partial charge on any atom is 0.322 e. The molecule has 2 aromatic rings. The van der Waals surface area contributed by atoms with Gasteiger partial charge in [0.2, 0.25) is 11.8 Å². The van der Waals surface area contributed by atoms with Crippen molar-refractivity contribution in [3.05, 3.63) is 35.7 Å². The highest BCUT2D eigenvalue weighted by molar-refractivity contribution is 5.91. The lowest BCUT2D eigenvalue weighted by Crippen LogP contribution is -2.33. The number of carbonyl (C=O) groups excluding carboxylic acids is 1. The van der Waals surface area contributed by atoms with E-state index in [9.17, 15) is 4.79 Å². The lowest BCUT2D eigenvalue weighted by molar-refractivity contribution is -0.119. The Morgan fingerprint density at radius 1 is 1.42 bits per heavy atom. The second-order valence-corrected chi connectivity index (χ2v) is 4.55. The van der Waals surface area contributed by atoms with Crippen molar-refractivity contribution in [2.24, 2.45) is 5.92 Å². The summed E-state index contributed by atoms with van der Waals surface area (Å²) in [6.07, 6.45) is 0.710. The molecule has 0 bridgehead atoms. The molecule has 98 valence electrons. The van der Waals surface area contributed by atoms with Gasteiger partial charge in [-0.1, -0.05) is 23.3 Å². The van der Waals surface area contributed by atoms with Crippen LogP contribution in [0.5, 0.6) is 0 Å². The summed E-state index contributed by atoms with van der Waals surface area (Å²) >= 11 is 0. The molecular formula is C13H14N4O2. The summed E-state index contributed by atoms with van der Waals surface area (Å²) in [5.74, 6) is 0.190. The number of amides is 1. The van der Waals surface area contributed by atoms with Crippen LogP contribution in [-0.4, -0.2) is 22.6 Å². The highest BCUT2D eigenvalue weighted by Crippen LogP contribution is 2.24. The van der Waals surface area contributed by atoms with Gasteiger partial charge in [0.05, 0.1) is 5.92 Å². The zero-order valence-corrected chi connectivity index (χ0v) is 10.5. The molecule has 1 aromatic heterocycles. The molecular weight excluding hydrogens is 244 g/mol. The molecule has 0 saturated carbocycles. The van der Waals surface area contributed by atoms with E-state index in [-0.39, 0.29) is 17.8 Å². The van der Waals surface area contributed by atoms with Gasteiger partial charge in [-0.2, -0.15) is 0 Å². The highest BCUT2D eigenvalue weighted by Gasteiger charge is 2.25. The number of anilines is 2. The van der Waals surface area contributed by atoms with Crippen LogP contribution in [0.1, 0.15) is 11.5 Å². The molecule has 0 fully saturated rings. The smallest absolute Gasteiger partial charge is 0.322 e. The van der Waals surface area contributed by atoms with Crippen LogP contribution in [-0.2, 0) is 11.2 Å². The number of nitrogens with zero attached hydrogens (tertiary/aromatic N) is 2. The van der Waals surface area contributed by atoms with Crippen molar-refractivity contribution >= 4 is 17.6 Å². The number of aromatic nitrogens is 2. The van der Waals surface area contributed by atoms with Gasteiger partial charge in [-0.25, -0.2) is 0 Å². The zero-order valence-electron chi connectivity index (χ0n) is 10.5. The molecule has 2 heterocycles. The summed E-state index contributed by atoms with van der Waals surface area (Å²) in [6.45, 7) is 2.29. The van der Waals surface area contributed by atoms with Crippen LogP contribution >= 0.6 is 0 Å². The average molecular weight is 258 g/mol. The van der Waals surface area contributed by atoms with Crippen LogP contribution in [0, 0.1) is 12.8 Å². The van der Waals surface area contributed by atoms with E-state index in [2.05, 4.69) is 20.8 Å². The van der Waals surface area contributed by atoms with Crippen LogP contribution < -0.4 is 10.6 Å². The minimum absolute atomic E-state index is 0.106. The summed E-state index contributed by atoms with van der Waals surface area (Å²) in [7, 11) is 0. The van der Waals surface area contributed by atoms with Gasteiger partial charge in [0.25, 0.3) is 0 Å². The summed E-state index contributed by atoms with van der Waals surface area (Å²) in [5, 5.41) is 13.3. The van der Waals surface area contributed by atoms with E-state index in [1.54, 1.807) is 6.92 Å². The molecule has 1 aliphatic heterocycles. The molecule has 1 unspecified atom stereocenters. The molecule has 2 N–H and O–H groups in total. The van der Waals surface area contributed by atoms with Crippen molar-refractivity contribution < 1.29 is 9.21 Å². The molecule has 1 amide bonds. The highest BCUT2D eigenvalue weighted by atomic mass is 16.4. The number of para-hydroxylation sites is 1. The van der Waals surface area contributed by atoms with E-state index in [1.807, 2.05) is 24.3 Å². The van der Waals surface area contributed by atoms with Gasteiger partial charge < -0.3 is 9.73 Å². The van der Waals surface area contributed by atoms with Crippen LogP contribution in [0.15, 0.2) is 28.7 Å². The number of aryl methyl sites for hydroxylation is 1. The first-order valence-electron chi connectivity index (χ1n) is 6.15. The van der Waals surface area contributed by atoms with E-state index in [4.69, 9.17) is 4.42 Å². The van der Waals surface area contributed by atoms with E-state index < -0.39 is 0 Å². The molecule has 0 radical (unpaired) electrons. The van der Waals surface area contributed by atoms with Crippen LogP contribution in [0.3, 0.4) is 0 Å². The summed E-state index contributed by atoms with van der Waals surface area (Å²) in [5.41, 5.74) is 2.25. The fourth-order valence-electron chi connectivity index (χ4n) is 2.18. The largest absolute Gasteiger partial charge is 0.408 e. The van der Waals surface area contributed by atoms with Crippen molar-refractivity contribution in [1.82, 2.24) is 10.2 Å². The fourth-order valence-corrected chi connectivity index (χ4v) is 2.18. The van der Waals surface area contributed by atoms with Crippen LogP contribution in [0.4, 0.5) is 11.7 Å². The molecule has 0 saturated heterocycles. The number of rotatable bonds is 2. The molecule has 0 spiro atoms. The standard InChI is InChI=1S/C13H14N4O2/c1-8-16-17-13(19-8)15-12(18)10-6-9-4-2-3-5-11(9)14-7-10/h2-5,10,14H,6-7H2,1H3,(H,15,17,18). The summed E-state index contributed by atoms with van der Waals surface area (Å²) in [4.78, 5) is 12.1. The number of nitrogens with one attached hydrogen (secondary N) is 2. The van der Waals surface area contributed by atoms with Gasteiger partial charge in [-0.15, -0.1) is 5.10 Å². The summed E-state index contributed by atoms with van der Waals surface area (Å²) < 4.78 is 5.14. The van der Waals surface area contributed by atoms with Crippen molar-refractivity contribution in [3.63, 3.8) is 0 Å². The molecule has 1 atom stereocenters. The minimum Gasteiger partial charge on any atom is -0.408 e. The molecule has 1 aliphatic rings. The Bertz CT molecular complexity index is 608. The molecule has 3 rings (SSSR count). The average Bonchev–Trinajstić information content (AvgIpc) is 2.83. The topological polar surface area (TPSA) is 80.0 Å². The lowest BCUT2D eigenvalue weighted by atomic mass is 9.93. The van der Waals surface area contributed by atoms with Crippen molar-refractivity contribution in [3.8, 4) is 0 Å². The van der Waals surface area contributed by atoms with E-state index in [0.717, 1.165) is 11.3 Å².